The van der Waals surface area contributed by atoms with E-state index in [1.807, 2.05) is 12.1 Å². The fourth-order valence-electron chi connectivity index (χ4n) is 1.38. The van der Waals surface area contributed by atoms with Crippen LogP contribution in [0, 0.1) is 0 Å². The molecule has 0 aromatic heterocycles. The van der Waals surface area contributed by atoms with E-state index in [0.717, 1.165) is 12.1 Å². The highest BCUT2D eigenvalue weighted by Crippen LogP contribution is 2.11. The highest BCUT2D eigenvalue weighted by Gasteiger charge is 1.95. The Labute approximate surface area is 87.7 Å². The summed E-state index contributed by atoms with van der Waals surface area (Å²) >= 11 is 0. The average molecular weight is 189 g/mol. The maximum atomic E-state index is 5.10. The van der Waals surface area contributed by atoms with Crippen LogP contribution in [-0.4, -0.2) is 14.4 Å². The van der Waals surface area contributed by atoms with Crippen LogP contribution in [0.2, 0.25) is 6.32 Å². The lowest BCUT2D eigenvalue weighted by molar-refractivity contribution is 0.414. The molecule has 1 radical (unpaired) electrons. The summed E-state index contributed by atoms with van der Waals surface area (Å²) in [7, 11) is 4.05. The van der Waals surface area contributed by atoms with Crippen LogP contribution in [0.3, 0.4) is 0 Å². The summed E-state index contributed by atoms with van der Waals surface area (Å²) in [5.74, 6) is 0.933. The summed E-state index contributed by atoms with van der Waals surface area (Å²) in [6, 6.07) is 8.29. The molecule has 1 nitrogen and oxygen atoms in total. The Morgan fingerprint density at radius 2 is 1.93 bits per heavy atom. The minimum absolute atomic E-state index is 0.933. The van der Waals surface area contributed by atoms with Gasteiger partial charge in [-0.1, -0.05) is 50.1 Å². The molecule has 0 aliphatic carbocycles. The summed E-state index contributed by atoms with van der Waals surface area (Å²) in [4.78, 5) is 0. The second kappa shape index (κ2) is 6.53. The summed E-state index contributed by atoms with van der Waals surface area (Å²) < 4.78 is 5.10. The molecule has 0 spiro atoms. The van der Waals surface area contributed by atoms with Gasteiger partial charge in [-0.15, -0.1) is 0 Å². The van der Waals surface area contributed by atoms with Crippen molar-refractivity contribution in [3.05, 3.63) is 29.8 Å². The van der Waals surface area contributed by atoms with Crippen LogP contribution in [0.25, 0.3) is 0 Å². The minimum atomic E-state index is 0.933. The van der Waals surface area contributed by atoms with Crippen LogP contribution in [0.1, 0.15) is 25.3 Å². The largest absolute Gasteiger partial charge is 0.497 e. The first-order valence-electron chi connectivity index (χ1n) is 5.31. The van der Waals surface area contributed by atoms with E-state index in [2.05, 4.69) is 26.3 Å². The van der Waals surface area contributed by atoms with E-state index in [1.54, 1.807) is 7.11 Å². The van der Waals surface area contributed by atoms with Gasteiger partial charge in [0, 0.05) is 0 Å². The SMILES string of the molecule is CCCC[B]Cc1ccc(OC)cc1. The van der Waals surface area contributed by atoms with Gasteiger partial charge in [0.15, 0.2) is 0 Å². The fraction of sp³-hybridized carbons (Fsp3) is 0.500. The van der Waals surface area contributed by atoms with Crippen molar-refractivity contribution in [2.24, 2.45) is 0 Å². The Hall–Kier alpha value is -0.915. The zero-order chi connectivity index (χ0) is 10.2. The smallest absolute Gasteiger partial charge is 0.118 e. The summed E-state index contributed by atoms with van der Waals surface area (Å²) in [5, 5.41) is 0. The lowest BCUT2D eigenvalue weighted by Crippen LogP contribution is -1.96. The number of hydrogen-bond donors (Lipinski definition) is 0. The molecule has 0 saturated carbocycles. The van der Waals surface area contributed by atoms with E-state index >= 15 is 0 Å². The molecule has 14 heavy (non-hydrogen) atoms. The van der Waals surface area contributed by atoms with Crippen molar-refractivity contribution >= 4 is 7.28 Å². The Balaban J connectivity index is 2.29. The van der Waals surface area contributed by atoms with Gasteiger partial charge < -0.3 is 4.74 Å². The van der Waals surface area contributed by atoms with Gasteiger partial charge in [-0.3, -0.25) is 0 Å². The quantitative estimate of drug-likeness (QED) is 0.493. The topological polar surface area (TPSA) is 9.23 Å². The molecule has 0 heterocycles. The number of ether oxygens (including phenoxy) is 1. The third-order valence-electron chi connectivity index (χ3n) is 2.30. The van der Waals surface area contributed by atoms with Crippen molar-refractivity contribution in [2.75, 3.05) is 7.11 Å². The van der Waals surface area contributed by atoms with Crippen LogP contribution < -0.4 is 4.74 Å². The first kappa shape index (κ1) is 11.2. The number of rotatable bonds is 6. The van der Waals surface area contributed by atoms with E-state index in [1.165, 1.54) is 24.7 Å². The first-order valence-corrected chi connectivity index (χ1v) is 5.31. The lowest BCUT2D eigenvalue weighted by atomic mass is 9.68. The van der Waals surface area contributed by atoms with Crippen molar-refractivity contribution in [2.45, 2.75) is 32.4 Å². The zero-order valence-corrected chi connectivity index (χ0v) is 9.12. The molecule has 0 amide bonds. The van der Waals surface area contributed by atoms with Crippen LogP contribution in [0.15, 0.2) is 24.3 Å². The molecule has 0 atom stereocenters. The molecule has 0 unspecified atom stereocenters. The number of benzene rings is 1. The fourth-order valence-corrected chi connectivity index (χ4v) is 1.38. The first-order chi connectivity index (χ1) is 6.86. The van der Waals surface area contributed by atoms with Gasteiger partial charge in [-0.2, -0.15) is 0 Å². The second-order valence-corrected chi connectivity index (χ2v) is 3.48. The highest BCUT2D eigenvalue weighted by molar-refractivity contribution is 6.34. The van der Waals surface area contributed by atoms with Gasteiger partial charge in [-0.25, -0.2) is 0 Å². The standard InChI is InChI=1S/C12H18BO/c1-3-4-9-13-10-11-5-7-12(14-2)8-6-11/h5-8H,3-4,9-10H2,1-2H3. The van der Waals surface area contributed by atoms with E-state index < -0.39 is 0 Å². The third-order valence-corrected chi connectivity index (χ3v) is 2.30. The monoisotopic (exact) mass is 189 g/mol. The molecule has 1 aromatic rings. The molecule has 0 aliphatic rings. The number of hydrogen-bond acceptors (Lipinski definition) is 1. The molecule has 0 aliphatic heterocycles. The van der Waals surface area contributed by atoms with Crippen molar-refractivity contribution in [1.82, 2.24) is 0 Å². The minimum Gasteiger partial charge on any atom is -0.497 e. The highest BCUT2D eigenvalue weighted by atomic mass is 16.5. The van der Waals surface area contributed by atoms with Gasteiger partial charge >= 0.3 is 0 Å². The van der Waals surface area contributed by atoms with Crippen LogP contribution in [0.5, 0.6) is 5.75 Å². The Kier molecular flexibility index (Phi) is 5.20. The van der Waals surface area contributed by atoms with Gasteiger partial charge in [0.1, 0.15) is 13.0 Å². The molecule has 2 heteroatoms. The maximum absolute atomic E-state index is 5.10. The van der Waals surface area contributed by atoms with Crippen molar-refractivity contribution < 1.29 is 4.74 Å². The summed E-state index contributed by atoms with van der Waals surface area (Å²) in [6.07, 6.45) is 4.88. The van der Waals surface area contributed by atoms with E-state index in [0.29, 0.717) is 0 Å². The van der Waals surface area contributed by atoms with Gasteiger partial charge in [0.05, 0.1) is 7.11 Å². The van der Waals surface area contributed by atoms with Gasteiger partial charge in [-0.05, 0) is 12.1 Å². The average Bonchev–Trinajstić information content (AvgIpc) is 2.25. The lowest BCUT2D eigenvalue weighted by Gasteiger charge is -2.02. The second-order valence-electron chi connectivity index (χ2n) is 3.48. The predicted octanol–water partition coefficient (Wildman–Crippen LogP) is 3.12. The van der Waals surface area contributed by atoms with Crippen molar-refractivity contribution in [3.8, 4) is 5.75 Å². The molecular weight excluding hydrogens is 171 g/mol. The molecule has 1 aromatic carbocycles. The molecule has 75 valence electrons. The van der Waals surface area contributed by atoms with E-state index in [4.69, 9.17) is 4.74 Å². The molecule has 0 bridgehead atoms. The van der Waals surface area contributed by atoms with Gasteiger partial charge in [0.2, 0.25) is 0 Å². The van der Waals surface area contributed by atoms with E-state index in [-0.39, 0.29) is 0 Å². The Morgan fingerprint density at radius 3 is 2.50 bits per heavy atom. The van der Waals surface area contributed by atoms with Crippen molar-refractivity contribution in [1.29, 1.82) is 0 Å². The number of unbranched alkanes of at least 4 members (excludes halogenated alkanes) is 1. The normalized spacial score (nSPS) is 9.86. The van der Waals surface area contributed by atoms with Crippen LogP contribution in [-0.2, 0) is 6.32 Å². The third kappa shape index (κ3) is 3.86. The molecular formula is C12H18BO. The molecule has 0 saturated heterocycles. The maximum Gasteiger partial charge on any atom is 0.118 e. The zero-order valence-electron chi connectivity index (χ0n) is 9.12. The summed E-state index contributed by atoms with van der Waals surface area (Å²) in [6.45, 7) is 2.22. The molecule has 1 rings (SSSR count). The van der Waals surface area contributed by atoms with Gasteiger partial charge in [0.25, 0.3) is 0 Å². The molecule has 0 N–H and O–H groups in total. The Morgan fingerprint density at radius 1 is 1.21 bits per heavy atom. The Bertz CT molecular complexity index is 243. The van der Waals surface area contributed by atoms with Crippen LogP contribution >= 0.6 is 0 Å². The molecule has 0 fully saturated rings. The van der Waals surface area contributed by atoms with Crippen LogP contribution in [0.4, 0.5) is 0 Å². The predicted molar refractivity (Wildman–Crippen MR) is 62.2 cm³/mol. The summed E-state index contributed by atoms with van der Waals surface area (Å²) in [5.41, 5.74) is 1.36. The number of methoxy groups -OCH3 is 1. The van der Waals surface area contributed by atoms with E-state index in [9.17, 15) is 0 Å². The van der Waals surface area contributed by atoms with Crippen molar-refractivity contribution in [3.63, 3.8) is 0 Å².